The third-order valence-electron chi connectivity index (χ3n) is 3.78. The molecule has 0 radical (unpaired) electrons. The number of nitrogens with zero attached hydrogens (tertiary/aromatic N) is 3. The van der Waals surface area contributed by atoms with Crippen LogP contribution >= 0.6 is 0 Å². The molecule has 0 aliphatic carbocycles. The number of hydrogen-bond donors (Lipinski definition) is 0. The molecule has 6 heteroatoms. The average Bonchev–Trinajstić information content (AvgIpc) is 2.59. The highest BCUT2D eigenvalue weighted by Crippen LogP contribution is 2.25. The number of hydrogen-bond acceptors (Lipinski definition) is 3. The summed E-state index contributed by atoms with van der Waals surface area (Å²) in [7, 11) is -3.39. The predicted octanol–water partition coefficient (Wildman–Crippen LogP) is 2.08. The fraction of sp³-hybridized carbons (Fsp3) is 0.769. The van der Waals surface area contributed by atoms with Crippen LogP contribution in [0.2, 0.25) is 0 Å². The lowest BCUT2D eigenvalue weighted by Gasteiger charge is -2.20. The van der Waals surface area contributed by atoms with Crippen molar-refractivity contribution in [2.75, 3.05) is 13.1 Å². The minimum atomic E-state index is -3.39. The first kappa shape index (κ1) is 14.5. The second-order valence-electron chi connectivity index (χ2n) is 5.13. The summed E-state index contributed by atoms with van der Waals surface area (Å²) >= 11 is 0. The second kappa shape index (κ2) is 5.63. The first-order chi connectivity index (χ1) is 8.98. The Morgan fingerprint density at radius 1 is 1.11 bits per heavy atom. The summed E-state index contributed by atoms with van der Waals surface area (Å²) in [4.78, 5) is 0.413. The van der Waals surface area contributed by atoms with Crippen molar-refractivity contribution in [3.8, 4) is 0 Å². The van der Waals surface area contributed by atoms with Crippen molar-refractivity contribution in [1.29, 1.82) is 0 Å². The van der Waals surface area contributed by atoms with Gasteiger partial charge in [-0.15, -0.1) is 0 Å². The summed E-state index contributed by atoms with van der Waals surface area (Å²) in [6, 6.07) is 0. The van der Waals surface area contributed by atoms with Gasteiger partial charge >= 0.3 is 0 Å². The molecule has 5 nitrogen and oxygen atoms in total. The molecule has 1 fully saturated rings. The molecule has 0 N–H and O–H groups in total. The van der Waals surface area contributed by atoms with Crippen LogP contribution in [0.5, 0.6) is 0 Å². The maximum Gasteiger partial charge on any atom is 0.246 e. The maximum absolute atomic E-state index is 12.8. The molecule has 0 saturated carbocycles. The molecule has 1 aliphatic heterocycles. The van der Waals surface area contributed by atoms with Gasteiger partial charge in [0.15, 0.2) is 0 Å². The monoisotopic (exact) mass is 285 g/mol. The van der Waals surface area contributed by atoms with E-state index >= 15 is 0 Å². The molecule has 2 heterocycles. The van der Waals surface area contributed by atoms with E-state index in [1.165, 1.54) is 0 Å². The van der Waals surface area contributed by atoms with Crippen LogP contribution < -0.4 is 0 Å². The van der Waals surface area contributed by atoms with E-state index in [1.54, 1.807) is 15.9 Å². The van der Waals surface area contributed by atoms with Crippen molar-refractivity contribution in [3.63, 3.8) is 0 Å². The lowest BCUT2D eigenvalue weighted by molar-refractivity contribution is 0.423. The molecule has 1 aliphatic rings. The SMILES string of the molecule is CCn1nc(C)c(S(=O)(=O)N2CCCCCC2)c1C. The van der Waals surface area contributed by atoms with Gasteiger partial charge in [-0.2, -0.15) is 9.40 Å². The summed E-state index contributed by atoms with van der Waals surface area (Å²) in [6.07, 6.45) is 4.16. The fourth-order valence-electron chi connectivity index (χ4n) is 2.77. The van der Waals surface area contributed by atoms with Gasteiger partial charge in [-0.05, 0) is 33.6 Å². The summed E-state index contributed by atoms with van der Waals surface area (Å²) in [5.74, 6) is 0. The number of rotatable bonds is 3. The Balaban J connectivity index is 2.41. The number of aromatic nitrogens is 2. The zero-order valence-electron chi connectivity index (χ0n) is 12.0. The Bertz CT molecular complexity index is 540. The van der Waals surface area contributed by atoms with Crippen LogP contribution in [-0.2, 0) is 16.6 Å². The van der Waals surface area contributed by atoms with E-state index in [0.717, 1.165) is 31.4 Å². The number of sulfonamides is 1. The van der Waals surface area contributed by atoms with E-state index in [-0.39, 0.29) is 0 Å². The van der Waals surface area contributed by atoms with Crippen molar-refractivity contribution in [2.45, 2.75) is 57.9 Å². The van der Waals surface area contributed by atoms with E-state index in [4.69, 9.17) is 0 Å². The van der Waals surface area contributed by atoms with Crippen LogP contribution in [0.3, 0.4) is 0 Å². The van der Waals surface area contributed by atoms with Gasteiger partial charge in [-0.25, -0.2) is 8.42 Å². The van der Waals surface area contributed by atoms with Crippen molar-refractivity contribution < 1.29 is 8.42 Å². The summed E-state index contributed by atoms with van der Waals surface area (Å²) in [5, 5.41) is 4.32. The first-order valence-corrected chi connectivity index (χ1v) is 8.46. The Morgan fingerprint density at radius 2 is 1.68 bits per heavy atom. The van der Waals surface area contributed by atoms with Crippen LogP contribution in [0.1, 0.15) is 44.0 Å². The second-order valence-corrected chi connectivity index (χ2v) is 7.01. The van der Waals surface area contributed by atoms with Gasteiger partial charge in [0.1, 0.15) is 4.90 Å². The van der Waals surface area contributed by atoms with Gasteiger partial charge < -0.3 is 0 Å². The van der Waals surface area contributed by atoms with Gasteiger partial charge in [0.25, 0.3) is 0 Å². The molecule has 19 heavy (non-hydrogen) atoms. The smallest absolute Gasteiger partial charge is 0.246 e. The Morgan fingerprint density at radius 3 is 2.16 bits per heavy atom. The third kappa shape index (κ3) is 2.69. The molecule has 0 unspecified atom stereocenters. The fourth-order valence-corrected chi connectivity index (χ4v) is 4.66. The molecule has 0 bridgehead atoms. The van der Waals surface area contributed by atoms with Gasteiger partial charge in [-0.1, -0.05) is 12.8 Å². The molecule has 1 saturated heterocycles. The molecule has 1 aromatic rings. The summed E-state index contributed by atoms with van der Waals surface area (Å²) in [5.41, 5.74) is 1.37. The van der Waals surface area contributed by atoms with E-state index in [0.29, 0.717) is 30.2 Å². The highest BCUT2D eigenvalue weighted by atomic mass is 32.2. The van der Waals surface area contributed by atoms with Crippen LogP contribution in [-0.4, -0.2) is 35.6 Å². The molecule has 0 spiro atoms. The molecule has 2 rings (SSSR count). The van der Waals surface area contributed by atoms with Crippen LogP contribution in [0.4, 0.5) is 0 Å². The minimum absolute atomic E-state index is 0.413. The molecular weight excluding hydrogens is 262 g/mol. The lowest BCUT2D eigenvalue weighted by Crippen LogP contribution is -2.32. The van der Waals surface area contributed by atoms with E-state index in [1.807, 2.05) is 13.8 Å². The van der Waals surface area contributed by atoms with Crippen LogP contribution in [0, 0.1) is 13.8 Å². The van der Waals surface area contributed by atoms with Crippen molar-refractivity contribution in [1.82, 2.24) is 14.1 Å². The zero-order chi connectivity index (χ0) is 14.0. The summed E-state index contributed by atoms with van der Waals surface area (Å²) in [6.45, 7) is 7.57. The van der Waals surface area contributed by atoms with Crippen molar-refractivity contribution >= 4 is 10.0 Å². The highest BCUT2D eigenvalue weighted by Gasteiger charge is 2.30. The van der Waals surface area contributed by atoms with Gasteiger partial charge in [0.05, 0.1) is 11.4 Å². The normalized spacial score (nSPS) is 18.5. The number of aryl methyl sites for hydroxylation is 2. The molecule has 0 atom stereocenters. The van der Waals surface area contributed by atoms with Crippen LogP contribution in [0.15, 0.2) is 4.90 Å². The zero-order valence-corrected chi connectivity index (χ0v) is 12.8. The minimum Gasteiger partial charge on any atom is -0.268 e. The molecule has 0 amide bonds. The molecular formula is C13H23N3O2S. The van der Waals surface area contributed by atoms with E-state index in [9.17, 15) is 8.42 Å². The average molecular weight is 285 g/mol. The van der Waals surface area contributed by atoms with Crippen molar-refractivity contribution in [3.05, 3.63) is 11.4 Å². The van der Waals surface area contributed by atoms with Crippen LogP contribution in [0.25, 0.3) is 0 Å². The Kier molecular flexibility index (Phi) is 4.30. The molecule has 108 valence electrons. The topological polar surface area (TPSA) is 55.2 Å². The summed E-state index contributed by atoms with van der Waals surface area (Å²) < 4.78 is 29.0. The van der Waals surface area contributed by atoms with E-state index in [2.05, 4.69) is 5.10 Å². The van der Waals surface area contributed by atoms with E-state index < -0.39 is 10.0 Å². The van der Waals surface area contributed by atoms with Gasteiger partial charge in [0, 0.05) is 19.6 Å². The first-order valence-electron chi connectivity index (χ1n) is 7.02. The predicted molar refractivity (Wildman–Crippen MR) is 74.6 cm³/mol. The van der Waals surface area contributed by atoms with Gasteiger partial charge in [0.2, 0.25) is 10.0 Å². The quantitative estimate of drug-likeness (QED) is 0.854. The molecule has 1 aromatic heterocycles. The maximum atomic E-state index is 12.8. The van der Waals surface area contributed by atoms with Gasteiger partial charge in [-0.3, -0.25) is 4.68 Å². The largest absolute Gasteiger partial charge is 0.268 e. The lowest BCUT2D eigenvalue weighted by atomic mass is 10.2. The van der Waals surface area contributed by atoms with Crippen molar-refractivity contribution in [2.24, 2.45) is 0 Å². The molecule has 0 aromatic carbocycles. The standard InChI is InChI=1S/C13H23N3O2S/c1-4-16-12(3)13(11(2)14-16)19(17,18)15-9-7-5-6-8-10-15/h4-10H2,1-3H3. The Hall–Kier alpha value is -0.880. The third-order valence-corrected chi connectivity index (χ3v) is 5.93. The Labute approximate surface area is 115 Å². The highest BCUT2D eigenvalue weighted by molar-refractivity contribution is 7.89.